The van der Waals surface area contributed by atoms with E-state index in [9.17, 15) is 14.7 Å². The van der Waals surface area contributed by atoms with Crippen LogP contribution < -0.4 is 0 Å². The van der Waals surface area contributed by atoms with Crippen molar-refractivity contribution in [2.45, 2.75) is 322 Å². The fraction of sp³-hybridized carbons (Fsp3) is 0.812. The third-order valence-corrected chi connectivity index (χ3v) is 13.6. The van der Waals surface area contributed by atoms with E-state index in [4.69, 9.17) is 9.47 Å². The Morgan fingerprint density at radius 1 is 0.348 bits per heavy atom. The molecular weight excluding hydrogens is 849 g/mol. The Hall–Kier alpha value is -2.40. The third kappa shape index (κ3) is 58.1. The number of carbonyl (C=O) groups is 2. The minimum atomic E-state index is -0.769. The van der Waals surface area contributed by atoms with E-state index in [1.54, 1.807) is 0 Å². The Labute approximate surface area is 430 Å². The number of rotatable bonds is 56. The minimum Gasteiger partial charge on any atom is -0.462 e. The molecule has 1 unspecified atom stereocenters. The molecule has 5 heteroatoms. The van der Waals surface area contributed by atoms with Crippen molar-refractivity contribution in [3.05, 3.63) is 60.8 Å². The molecule has 0 aromatic rings. The lowest BCUT2D eigenvalue weighted by atomic mass is 10.0. The molecule has 69 heavy (non-hydrogen) atoms. The highest BCUT2D eigenvalue weighted by Crippen LogP contribution is 2.18. The summed E-state index contributed by atoms with van der Waals surface area (Å²) in [4.78, 5) is 24.5. The van der Waals surface area contributed by atoms with Gasteiger partial charge in [-0.15, -0.1) is 0 Å². The van der Waals surface area contributed by atoms with E-state index in [-0.39, 0.29) is 25.2 Å². The molecule has 0 aliphatic rings. The molecule has 0 bridgehead atoms. The van der Waals surface area contributed by atoms with Gasteiger partial charge in [0.1, 0.15) is 6.61 Å². The van der Waals surface area contributed by atoms with Gasteiger partial charge in [-0.2, -0.15) is 0 Å². The van der Waals surface area contributed by atoms with Crippen LogP contribution in [0.4, 0.5) is 0 Å². The Morgan fingerprint density at radius 3 is 0.942 bits per heavy atom. The van der Waals surface area contributed by atoms with Gasteiger partial charge in [-0.05, 0) is 57.8 Å². The molecule has 1 N–H and O–H groups in total. The van der Waals surface area contributed by atoms with Crippen LogP contribution >= 0.6 is 0 Å². The molecule has 0 aromatic heterocycles. The summed E-state index contributed by atoms with van der Waals surface area (Å²) in [7, 11) is 0. The van der Waals surface area contributed by atoms with Crippen LogP contribution in [-0.4, -0.2) is 36.4 Å². The minimum absolute atomic E-state index is 0.0601. The number of aliphatic hydroxyl groups excluding tert-OH is 1. The van der Waals surface area contributed by atoms with Crippen LogP contribution in [0.1, 0.15) is 316 Å². The van der Waals surface area contributed by atoms with Gasteiger partial charge in [-0.25, -0.2) is 0 Å². The van der Waals surface area contributed by atoms with Gasteiger partial charge in [-0.3, -0.25) is 9.59 Å². The van der Waals surface area contributed by atoms with E-state index >= 15 is 0 Å². The monoisotopic (exact) mass is 965 g/mol. The van der Waals surface area contributed by atoms with E-state index < -0.39 is 6.10 Å². The zero-order chi connectivity index (χ0) is 49.9. The average molecular weight is 966 g/mol. The highest BCUT2D eigenvalue weighted by molar-refractivity contribution is 5.70. The Kier molecular flexibility index (Phi) is 57.8. The van der Waals surface area contributed by atoms with Crippen molar-refractivity contribution in [2.75, 3.05) is 13.2 Å². The van der Waals surface area contributed by atoms with Crippen LogP contribution in [0.25, 0.3) is 0 Å². The summed E-state index contributed by atoms with van der Waals surface area (Å²) in [6.45, 7) is 4.07. The molecule has 0 saturated heterocycles. The lowest BCUT2D eigenvalue weighted by Gasteiger charge is -2.15. The zero-order valence-corrected chi connectivity index (χ0v) is 46.1. The van der Waals surface area contributed by atoms with Crippen molar-refractivity contribution in [3.63, 3.8) is 0 Å². The van der Waals surface area contributed by atoms with Gasteiger partial charge in [0.2, 0.25) is 0 Å². The van der Waals surface area contributed by atoms with E-state index in [0.717, 1.165) is 64.2 Å². The Morgan fingerprint density at radius 2 is 0.623 bits per heavy atom. The van der Waals surface area contributed by atoms with E-state index in [1.807, 2.05) is 0 Å². The molecule has 0 heterocycles. The van der Waals surface area contributed by atoms with Crippen LogP contribution in [0.15, 0.2) is 60.8 Å². The first kappa shape index (κ1) is 66.6. The molecule has 0 amide bonds. The molecule has 0 aromatic carbocycles. The summed E-state index contributed by atoms with van der Waals surface area (Å²) in [5.74, 6) is -0.572. The maximum Gasteiger partial charge on any atom is 0.306 e. The topological polar surface area (TPSA) is 72.8 Å². The van der Waals surface area contributed by atoms with Gasteiger partial charge < -0.3 is 14.6 Å². The van der Waals surface area contributed by atoms with Gasteiger partial charge in [-0.1, -0.05) is 306 Å². The molecular formula is C64H116O5. The SMILES string of the molecule is CC/C=C\C/C=C\C/C=C\C/C=C\C/C=C\CCCCCCCCCCCCCCCCCCCCCCCC(=O)OC(CO)COC(=O)CCCCCCCCCCCCCCCCCCCC. The van der Waals surface area contributed by atoms with E-state index in [2.05, 4.69) is 74.6 Å². The largest absolute Gasteiger partial charge is 0.462 e. The quantitative estimate of drug-likeness (QED) is 0.0373. The number of esters is 2. The number of aliphatic hydroxyl groups is 1. The zero-order valence-electron chi connectivity index (χ0n) is 46.1. The fourth-order valence-corrected chi connectivity index (χ4v) is 9.06. The van der Waals surface area contributed by atoms with Crippen LogP contribution in [0, 0.1) is 0 Å². The summed E-state index contributed by atoms with van der Waals surface area (Å²) < 4.78 is 10.7. The van der Waals surface area contributed by atoms with Gasteiger partial charge >= 0.3 is 11.9 Å². The van der Waals surface area contributed by atoms with Crippen molar-refractivity contribution < 1.29 is 24.2 Å². The second kappa shape index (κ2) is 59.9. The number of ether oxygens (including phenoxy) is 2. The molecule has 0 spiro atoms. The molecule has 1 atom stereocenters. The van der Waals surface area contributed by atoms with Crippen LogP contribution in [0.5, 0.6) is 0 Å². The van der Waals surface area contributed by atoms with Crippen molar-refractivity contribution >= 4 is 11.9 Å². The average Bonchev–Trinajstić information content (AvgIpc) is 3.35. The molecule has 0 saturated carbocycles. The second-order valence-electron chi connectivity index (χ2n) is 20.4. The Bertz CT molecular complexity index is 1180. The summed E-state index contributed by atoms with van der Waals surface area (Å²) in [6, 6.07) is 0. The van der Waals surface area contributed by atoms with Crippen molar-refractivity contribution in [1.29, 1.82) is 0 Å². The van der Waals surface area contributed by atoms with Crippen LogP contribution in [-0.2, 0) is 19.1 Å². The third-order valence-electron chi connectivity index (χ3n) is 13.6. The molecule has 402 valence electrons. The van der Waals surface area contributed by atoms with Crippen LogP contribution in [0.2, 0.25) is 0 Å². The fourth-order valence-electron chi connectivity index (χ4n) is 9.06. The number of hydrogen-bond acceptors (Lipinski definition) is 5. The summed E-state index contributed by atoms with van der Waals surface area (Å²) in [5, 5.41) is 9.66. The smallest absolute Gasteiger partial charge is 0.306 e. The van der Waals surface area contributed by atoms with Gasteiger partial charge in [0.15, 0.2) is 6.10 Å². The standard InChI is InChI=1S/C64H116O5/c1-3-5-7-9-11-13-15-17-19-21-23-24-25-26-27-28-29-30-31-32-33-34-35-36-37-38-39-40-41-43-45-47-49-51-53-55-57-59-64(67)69-62(60-65)61-68-63(66)58-56-54-52-50-48-46-44-42-22-20-18-16-14-12-10-8-6-4-2/h5,7,11,13,17,19,23-24,26-27,62,65H,3-4,6,8-10,12,14-16,18,20-22,25,28-61H2,1-2H3/b7-5-,13-11-,19-17-,24-23-,27-26-. The van der Waals surface area contributed by atoms with Crippen molar-refractivity contribution in [1.82, 2.24) is 0 Å². The van der Waals surface area contributed by atoms with Gasteiger partial charge in [0, 0.05) is 12.8 Å². The first-order valence-electron chi connectivity index (χ1n) is 30.3. The lowest BCUT2D eigenvalue weighted by molar-refractivity contribution is -0.161. The number of hydrogen-bond donors (Lipinski definition) is 1. The predicted octanol–water partition coefficient (Wildman–Crippen LogP) is 20.6. The maximum atomic E-state index is 12.3. The highest BCUT2D eigenvalue weighted by atomic mass is 16.6. The lowest BCUT2D eigenvalue weighted by Crippen LogP contribution is -2.28. The van der Waals surface area contributed by atoms with Gasteiger partial charge in [0.05, 0.1) is 6.61 Å². The molecule has 5 nitrogen and oxygen atoms in total. The highest BCUT2D eigenvalue weighted by Gasteiger charge is 2.16. The van der Waals surface area contributed by atoms with E-state index in [1.165, 1.54) is 225 Å². The molecule has 0 aliphatic carbocycles. The van der Waals surface area contributed by atoms with Gasteiger partial charge in [0.25, 0.3) is 0 Å². The first-order valence-corrected chi connectivity index (χ1v) is 30.3. The number of allylic oxidation sites excluding steroid dienone is 10. The summed E-state index contributed by atoms with van der Waals surface area (Å²) >= 11 is 0. The van der Waals surface area contributed by atoms with E-state index in [0.29, 0.717) is 12.8 Å². The van der Waals surface area contributed by atoms with Crippen molar-refractivity contribution in [3.8, 4) is 0 Å². The van der Waals surface area contributed by atoms with Crippen molar-refractivity contribution in [2.24, 2.45) is 0 Å². The second-order valence-corrected chi connectivity index (χ2v) is 20.4. The Balaban J connectivity index is 3.41. The maximum absolute atomic E-state index is 12.3. The molecule has 0 rings (SSSR count). The molecule has 0 fully saturated rings. The number of unbranched alkanes of at least 4 members (excludes halogenated alkanes) is 38. The summed E-state index contributed by atoms with van der Waals surface area (Å²) in [6.07, 6.45) is 80.8. The predicted molar refractivity (Wildman–Crippen MR) is 302 cm³/mol. The normalized spacial score (nSPS) is 12.6. The van der Waals surface area contributed by atoms with Crippen LogP contribution in [0.3, 0.4) is 0 Å². The molecule has 0 radical (unpaired) electrons. The first-order chi connectivity index (χ1) is 34.1. The number of carbonyl (C=O) groups excluding carboxylic acids is 2. The summed E-state index contributed by atoms with van der Waals surface area (Å²) in [5.41, 5.74) is 0. The molecule has 0 aliphatic heterocycles.